The zero-order chi connectivity index (χ0) is 21.6. The van der Waals surface area contributed by atoms with Crippen molar-refractivity contribution in [1.82, 2.24) is 5.32 Å². The first-order chi connectivity index (χ1) is 14.3. The van der Waals surface area contributed by atoms with Gasteiger partial charge in [-0.25, -0.2) is 8.42 Å². The highest BCUT2D eigenvalue weighted by molar-refractivity contribution is 7.91. The Hall–Kier alpha value is -2.70. The molecule has 3 rings (SSSR count). The number of carbonyl (C=O) groups is 1. The molecule has 0 heterocycles. The molecule has 0 fully saturated rings. The molecule has 1 unspecified atom stereocenters. The molecule has 158 valence electrons. The molecule has 0 aromatic heterocycles. The number of amides is 1. The zero-order valence-corrected chi connectivity index (χ0v) is 17.9. The van der Waals surface area contributed by atoms with Gasteiger partial charge in [0.05, 0.1) is 16.7 Å². The number of carbonyl (C=O) groups excluding carboxylic acids is 1. The lowest BCUT2D eigenvalue weighted by molar-refractivity contribution is -0.122. The van der Waals surface area contributed by atoms with E-state index < -0.39 is 15.9 Å². The van der Waals surface area contributed by atoms with E-state index >= 15 is 0 Å². The van der Waals surface area contributed by atoms with Crippen LogP contribution in [-0.4, -0.2) is 32.7 Å². The molecule has 3 aromatic carbocycles. The fourth-order valence-corrected chi connectivity index (χ4v) is 4.83. The minimum Gasteiger partial charge on any atom is -0.354 e. The zero-order valence-electron chi connectivity index (χ0n) is 17.1. The predicted molar refractivity (Wildman–Crippen MR) is 121 cm³/mol. The van der Waals surface area contributed by atoms with Gasteiger partial charge in [-0.1, -0.05) is 67.6 Å². The van der Waals surface area contributed by atoms with E-state index in [0.717, 1.165) is 16.3 Å². The van der Waals surface area contributed by atoms with Gasteiger partial charge in [0.15, 0.2) is 9.84 Å². The molecule has 0 aliphatic carbocycles. The second-order valence-corrected chi connectivity index (χ2v) is 9.87. The molecule has 2 atom stereocenters. The first-order valence-electron chi connectivity index (χ1n) is 10.1. The summed E-state index contributed by atoms with van der Waals surface area (Å²) in [5, 5.41) is 4.77. The average molecular weight is 425 g/mol. The number of nitrogens with one attached hydrogen (secondary N) is 1. The Morgan fingerprint density at radius 3 is 2.37 bits per heavy atom. The van der Waals surface area contributed by atoms with Crippen LogP contribution >= 0.6 is 0 Å². The van der Waals surface area contributed by atoms with Gasteiger partial charge in [0, 0.05) is 6.54 Å². The van der Waals surface area contributed by atoms with Crippen LogP contribution in [0.15, 0.2) is 77.7 Å². The summed E-state index contributed by atoms with van der Waals surface area (Å²) in [6, 6.07) is 21.9. The summed E-state index contributed by atoms with van der Waals surface area (Å²) >= 11 is 0. The third-order valence-corrected chi connectivity index (χ3v) is 6.96. The molecule has 0 saturated carbocycles. The van der Waals surface area contributed by atoms with E-state index in [2.05, 4.69) is 5.32 Å². The number of hydrogen-bond acceptors (Lipinski definition) is 4. The molecule has 30 heavy (non-hydrogen) atoms. The Balaban J connectivity index is 1.49. The van der Waals surface area contributed by atoms with E-state index in [1.54, 1.807) is 12.1 Å². The number of fused-ring (bicyclic) bond motifs is 1. The Labute approximate surface area is 178 Å². The molecule has 5 nitrogen and oxygen atoms in total. The Morgan fingerprint density at radius 1 is 0.967 bits per heavy atom. The second kappa shape index (κ2) is 9.87. The molecule has 0 saturated heterocycles. The minimum absolute atomic E-state index is 0.0214. The quantitative estimate of drug-likeness (QED) is 0.551. The maximum absolute atomic E-state index is 12.7. The maximum atomic E-state index is 12.7. The van der Waals surface area contributed by atoms with Crippen molar-refractivity contribution in [3.05, 3.63) is 78.4 Å². The van der Waals surface area contributed by atoms with E-state index in [0.29, 0.717) is 24.3 Å². The monoisotopic (exact) mass is 424 g/mol. The van der Waals surface area contributed by atoms with Gasteiger partial charge in [-0.15, -0.1) is 0 Å². The molecule has 1 amide bonds. The van der Waals surface area contributed by atoms with Crippen molar-refractivity contribution in [2.24, 2.45) is 11.7 Å². The highest BCUT2D eigenvalue weighted by Gasteiger charge is 2.18. The largest absolute Gasteiger partial charge is 0.354 e. The molecule has 0 aliphatic rings. The summed E-state index contributed by atoms with van der Waals surface area (Å²) in [6.07, 6.45) is 0.931. The molecule has 0 spiro atoms. The first-order valence-corrected chi connectivity index (χ1v) is 11.8. The van der Waals surface area contributed by atoms with Gasteiger partial charge < -0.3 is 11.1 Å². The first kappa shape index (κ1) is 22.0. The van der Waals surface area contributed by atoms with Crippen LogP contribution in [0.25, 0.3) is 10.8 Å². The Bertz CT molecular complexity index is 1100. The summed E-state index contributed by atoms with van der Waals surface area (Å²) in [6.45, 7) is 2.33. The second-order valence-electron chi connectivity index (χ2n) is 7.76. The van der Waals surface area contributed by atoms with Crippen LogP contribution < -0.4 is 11.1 Å². The minimum atomic E-state index is -3.38. The molecular formula is C24H28N2O3S. The van der Waals surface area contributed by atoms with E-state index in [-0.39, 0.29) is 17.6 Å². The fraction of sp³-hybridized carbons (Fsp3) is 0.292. The normalized spacial score (nSPS) is 13.7. The number of nitrogens with two attached hydrogens (primary N) is 1. The van der Waals surface area contributed by atoms with Crippen molar-refractivity contribution in [3.8, 4) is 0 Å². The lowest BCUT2D eigenvalue weighted by Gasteiger charge is -2.16. The summed E-state index contributed by atoms with van der Waals surface area (Å²) in [5.74, 6) is -0.158. The van der Waals surface area contributed by atoms with Gasteiger partial charge in [0.25, 0.3) is 0 Å². The summed E-state index contributed by atoms with van der Waals surface area (Å²) in [7, 11) is -3.38. The van der Waals surface area contributed by atoms with Crippen LogP contribution in [-0.2, 0) is 21.1 Å². The molecular weight excluding hydrogens is 396 g/mol. The molecule has 6 heteroatoms. The van der Waals surface area contributed by atoms with Crippen molar-refractivity contribution in [2.75, 3.05) is 12.3 Å². The Morgan fingerprint density at radius 2 is 1.63 bits per heavy atom. The highest BCUT2D eigenvalue weighted by Crippen LogP contribution is 2.21. The van der Waals surface area contributed by atoms with E-state index in [1.807, 2.05) is 67.6 Å². The van der Waals surface area contributed by atoms with Crippen molar-refractivity contribution < 1.29 is 13.2 Å². The van der Waals surface area contributed by atoms with Crippen LogP contribution in [0, 0.1) is 5.92 Å². The van der Waals surface area contributed by atoms with Gasteiger partial charge in [-0.2, -0.15) is 0 Å². The van der Waals surface area contributed by atoms with Crippen LogP contribution in [0.3, 0.4) is 0 Å². The number of sulfone groups is 1. The van der Waals surface area contributed by atoms with Crippen LogP contribution in [0.2, 0.25) is 0 Å². The molecule has 0 aliphatic heterocycles. The topological polar surface area (TPSA) is 89.3 Å². The lowest BCUT2D eigenvalue weighted by atomic mass is 10.1. The lowest BCUT2D eigenvalue weighted by Crippen LogP contribution is -2.43. The molecule has 3 N–H and O–H groups in total. The third kappa shape index (κ3) is 5.90. The third-order valence-electron chi connectivity index (χ3n) is 5.22. The van der Waals surface area contributed by atoms with E-state index in [1.165, 1.54) is 0 Å². The smallest absolute Gasteiger partial charge is 0.237 e. The van der Waals surface area contributed by atoms with Crippen LogP contribution in [0.4, 0.5) is 0 Å². The fourth-order valence-electron chi connectivity index (χ4n) is 3.30. The predicted octanol–water partition coefficient (Wildman–Crippen LogP) is 3.33. The number of benzene rings is 3. The summed E-state index contributed by atoms with van der Waals surface area (Å²) in [4.78, 5) is 12.6. The van der Waals surface area contributed by atoms with Crippen LogP contribution in [0.5, 0.6) is 0 Å². The molecule has 3 aromatic rings. The van der Waals surface area contributed by atoms with Gasteiger partial charge in [0.1, 0.15) is 0 Å². The van der Waals surface area contributed by atoms with Gasteiger partial charge in [-0.3, -0.25) is 4.79 Å². The molecule has 0 radical (unpaired) electrons. The SMILES string of the molecule is CC(CCS(=O)(=O)c1ccc2ccccc2c1)CNC(=O)[C@@H](N)Cc1ccccc1. The maximum Gasteiger partial charge on any atom is 0.237 e. The molecule has 0 bridgehead atoms. The summed E-state index contributed by atoms with van der Waals surface area (Å²) < 4.78 is 25.4. The van der Waals surface area contributed by atoms with Crippen molar-refractivity contribution in [3.63, 3.8) is 0 Å². The Kier molecular flexibility index (Phi) is 7.24. The van der Waals surface area contributed by atoms with Gasteiger partial charge in [-0.05, 0) is 47.2 Å². The van der Waals surface area contributed by atoms with Gasteiger partial charge >= 0.3 is 0 Å². The standard InChI is InChI=1S/C24H28N2O3S/c1-18(17-26-24(27)23(25)15-19-7-3-2-4-8-19)13-14-30(28,29)22-12-11-20-9-5-6-10-21(20)16-22/h2-12,16,18,23H,13-15,17,25H2,1H3,(H,26,27)/t18?,23-/m0/s1. The van der Waals surface area contributed by atoms with Crippen molar-refractivity contribution in [1.29, 1.82) is 0 Å². The van der Waals surface area contributed by atoms with E-state index in [9.17, 15) is 13.2 Å². The number of rotatable bonds is 9. The van der Waals surface area contributed by atoms with E-state index in [4.69, 9.17) is 5.73 Å². The summed E-state index contributed by atoms with van der Waals surface area (Å²) in [5.41, 5.74) is 7.00. The van der Waals surface area contributed by atoms with Gasteiger partial charge in [0.2, 0.25) is 5.91 Å². The highest BCUT2D eigenvalue weighted by atomic mass is 32.2. The van der Waals surface area contributed by atoms with Crippen molar-refractivity contribution in [2.45, 2.75) is 30.7 Å². The average Bonchev–Trinajstić information content (AvgIpc) is 2.76. The number of hydrogen-bond donors (Lipinski definition) is 2. The van der Waals surface area contributed by atoms with Crippen LogP contribution in [0.1, 0.15) is 18.9 Å². The van der Waals surface area contributed by atoms with Crippen molar-refractivity contribution >= 4 is 26.5 Å².